The first kappa shape index (κ1) is 22.8. The van der Waals surface area contributed by atoms with Crippen LogP contribution in [-0.2, 0) is 11.2 Å². The van der Waals surface area contributed by atoms with Crippen molar-refractivity contribution < 1.29 is 9.53 Å². The second-order valence-corrected chi connectivity index (χ2v) is 10.2. The van der Waals surface area contributed by atoms with E-state index in [9.17, 15) is 10.1 Å². The summed E-state index contributed by atoms with van der Waals surface area (Å²) in [5.41, 5.74) is 4.38. The summed E-state index contributed by atoms with van der Waals surface area (Å²) < 4.78 is 8.65. The number of rotatable bonds is 5. The molecule has 7 heteroatoms. The summed E-state index contributed by atoms with van der Waals surface area (Å²) in [7, 11) is 0. The van der Waals surface area contributed by atoms with Gasteiger partial charge in [0.2, 0.25) is 5.91 Å². The van der Waals surface area contributed by atoms with E-state index in [0.717, 1.165) is 79.7 Å². The number of amides is 1. The molecule has 2 fully saturated rings. The predicted molar refractivity (Wildman–Crippen MR) is 138 cm³/mol. The van der Waals surface area contributed by atoms with Gasteiger partial charge < -0.3 is 15.0 Å². The Morgan fingerprint density at radius 3 is 2.69 bits per heavy atom. The number of carbonyl (C=O) groups is 1. The monoisotopic (exact) mass is 481 g/mol. The molecule has 2 aromatic carbocycles. The van der Waals surface area contributed by atoms with Crippen LogP contribution in [0.15, 0.2) is 48.8 Å². The first-order valence-corrected chi connectivity index (χ1v) is 13.0. The van der Waals surface area contributed by atoms with Gasteiger partial charge in [-0.25, -0.2) is 0 Å². The number of benzene rings is 2. The number of aromatic nitrogens is 2. The van der Waals surface area contributed by atoms with Crippen molar-refractivity contribution in [2.24, 2.45) is 5.92 Å². The Hall–Kier alpha value is -3.63. The van der Waals surface area contributed by atoms with Crippen LogP contribution in [0.25, 0.3) is 11.1 Å². The Bertz CT molecular complexity index is 1330. The molecule has 1 aromatic heterocycles. The summed E-state index contributed by atoms with van der Waals surface area (Å²) in [6.45, 7) is 4.13. The van der Waals surface area contributed by atoms with E-state index >= 15 is 0 Å². The van der Waals surface area contributed by atoms with Crippen LogP contribution in [0.1, 0.15) is 56.2 Å². The van der Waals surface area contributed by atoms with Crippen molar-refractivity contribution in [3.63, 3.8) is 0 Å². The molecule has 6 rings (SSSR count). The fourth-order valence-electron chi connectivity index (χ4n) is 5.52. The maximum atomic E-state index is 13.3. The lowest BCUT2D eigenvalue weighted by atomic mass is 9.92. The lowest BCUT2D eigenvalue weighted by molar-refractivity contribution is -0.120. The second kappa shape index (κ2) is 9.44. The van der Waals surface area contributed by atoms with Gasteiger partial charge in [-0.2, -0.15) is 10.4 Å². The molecule has 1 atom stereocenters. The van der Waals surface area contributed by atoms with E-state index in [-0.39, 0.29) is 17.9 Å². The predicted octanol–water partition coefficient (Wildman–Crippen LogP) is 5.22. The van der Waals surface area contributed by atoms with E-state index in [1.54, 1.807) is 6.07 Å². The molecular formula is C29H31N5O2. The largest absolute Gasteiger partial charge is 0.455 e. The highest BCUT2D eigenvalue weighted by Crippen LogP contribution is 2.46. The lowest BCUT2D eigenvalue weighted by Gasteiger charge is -2.36. The first-order chi connectivity index (χ1) is 17.6. The van der Waals surface area contributed by atoms with Crippen LogP contribution in [0.3, 0.4) is 0 Å². The topological polar surface area (TPSA) is 83.2 Å². The molecule has 7 nitrogen and oxygen atoms in total. The van der Waals surface area contributed by atoms with Crippen LogP contribution >= 0.6 is 0 Å². The number of piperidine rings is 1. The van der Waals surface area contributed by atoms with Gasteiger partial charge in [0, 0.05) is 34.8 Å². The van der Waals surface area contributed by atoms with Crippen LogP contribution < -0.4 is 15.0 Å². The fraction of sp³-hybridized carbons (Fsp3) is 0.414. The minimum Gasteiger partial charge on any atom is -0.455 e. The zero-order chi connectivity index (χ0) is 24.6. The number of anilines is 1. The quantitative estimate of drug-likeness (QED) is 0.540. The minimum absolute atomic E-state index is 0.143. The molecule has 1 amide bonds. The highest BCUT2D eigenvalue weighted by molar-refractivity contribution is 5.99. The number of carbonyl (C=O) groups excluding carboxylic acids is 1. The molecule has 3 aliphatic rings. The molecule has 0 unspecified atom stereocenters. The minimum atomic E-state index is 0.143. The number of ether oxygens (including phenoxy) is 1. The highest BCUT2D eigenvalue weighted by Gasteiger charge is 2.39. The SMILES string of the molecule is C[C@H]1CCc2c(ccc(-c3cnn(C4CCNCC4)c3)c2Oc2ccccc2C#N)N1C(=O)C1CC1. The van der Waals surface area contributed by atoms with Gasteiger partial charge >= 0.3 is 0 Å². The molecule has 3 aromatic rings. The number of hydrogen-bond acceptors (Lipinski definition) is 5. The molecule has 3 heterocycles. The van der Waals surface area contributed by atoms with Crippen molar-refractivity contribution in [2.75, 3.05) is 18.0 Å². The Labute approximate surface area is 211 Å². The molecule has 1 N–H and O–H groups in total. The van der Waals surface area contributed by atoms with Crippen molar-refractivity contribution in [3.8, 4) is 28.7 Å². The van der Waals surface area contributed by atoms with E-state index in [4.69, 9.17) is 9.84 Å². The normalized spacial score (nSPS) is 20.0. The first-order valence-electron chi connectivity index (χ1n) is 13.0. The molecule has 1 saturated carbocycles. The molecule has 1 saturated heterocycles. The average Bonchev–Trinajstić information content (AvgIpc) is 3.66. The summed E-state index contributed by atoms with van der Waals surface area (Å²) in [5, 5.41) is 17.8. The van der Waals surface area contributed by atoms with Gasteiger partial charge in [0.05, 0.1) is 23.5 Å². The van der Waals surface area contributed by atoms with E-state index in [1.807, 2.05) is 29.3 Å². The van der Waals surface area contributed by atoms with E-state index in [2.05, 4.69) is 41.3 Å². The molecular weight excluding hydrogens is 450 g/mol. The summed E-state index contributed by atoms with van der Waals surface area (Å²) in [6.07, 6.45) is 9.77. The number of hydrogen-bond donors (Lipinski definition) is 1. The van der Waals surface area contributed by atoms with Gasteiger partial charge in [-0.05, 0) is 82.8 Å². The van der Waals surface area contributed by atoms with Crippen LogP contribution in [-0.4, -0.2) is 34.8 Å². The zero-order valence-electron chi connectivity index (χ0n) is 20.6. The standard InChI is InChI=1S/C29H31N5O2/c1-19-6-9-25-26(34(19)29(35)20-7-8-20)11-10-24(28(25)36-27-5-3-2-4-21(27)16-30)22-17-32-33(18-22)23-12-14-31-15-13-23/h2-5,10-11,17-20,23,31H,6-9,12-15H2,1H3/t19-/m0/s1. The summed E-state index contributed by atoms with van der Waals surface area (Å²) >= 11 is 0. The third-order valence-electron chi connectivity index (χ3n) is 7.73. The van der Waals surface area contributed by atoms with Gasteiger partial charge in [0.25, 0.3) is 0 Å². The Morgan fingerprint density at radius 1 is 1.11 bits per heavy atom. The van der Waals surface area contributed by atoms with Gasteiger partial charge in [0.1, 0.15) is 17.6 Å². The van der Waals surface area contributed by atoms with Crippen molar-refractivity contribution in [2.45, 2.75) is 57.5 Å². The molecule has 184 valence electrons. The van der Waals surface area contributed by atoms with Crippen molar-refractivity contribution in [3.05, 3.63) is 59.9 Å². The number of para-hydroxylation sites is 1. The molecule has 1 aliphatic carbocycles. The smallest absolute Gasteiger partial charge is 0.230 e. The van der Waals surface area contributed by atoms with Gasteiger partial charge in [0.15, 0.2) is 0 Å². The van der Waals surface area contributed by atoms with Gasteiger partial charge in [-0.3, -0.25) is 9.48 Å². The number of nitriles is 1. The Kier molecular flexibility index (Phi) is 5.98. The lowest BCUT2D eigenvalue weighted by Crippen LogP contribution is -2.43. The molecule has 2 aliphatic heterocycles. The number of nitrogens with one attached hydrogen (secondary N) is 1. The van der Waals surface area contributed by atoms with Crippen molar-refractivity contribution in [1.82, 2.24) is 15.1 Å². The van der Waals surface area contributed by atoms with E-state index in [1.165, 1.54) is 0 Å². The van der Waals surface area contributed by atoms with Crippen LogP contribution in [0, 0.1) is 17.2 Å². The zero-order valence-corrected chi connectivity index (χ0v) is 20.6. The highest BCUT2D eigenvalue weighted by atomic mass is 16.5. The maximum absolute atomic E-state index is 13.3. The van der Waals surface area contributed by atoms with Crippen LogP contribution in [0.2, 0.25) is 0 Å². The van der Waals surface area contributed by atoms with Crippen molar-refractivity contribution in [1.29, 1.82) is 5.26 Å². The number of nitrogens with zero attached hydrogens (tertiary/aromatic N) is 4. The summed E-state index contributed by atoms with van der Waals surface area (Å²) in [4.78, 5) is 15.2. The van der Waals surface area contributed by atoms with E-state index in [0.29, 0.717) is 17.4 Å². The maximum Gasteiger partial charge on any atom is 0.230 e. The van der Waals surface area contributed by atoms with Gasteiger partial charge in [-0.1, -0.05) is 12.1 Å². The molecule has 0 bridgehead atoms. The Morgan fingerprint density at radius 2 is 1.92 bits per heavy atom. The summed E-state index contributed by atoms with van der Waals surface area (Å²) in [6, 6.07) is 14.2. The summed E-state index contributed by atoms with van der Waals surface area (Å²) in [5.74, 6) is 1.61. The van der Waals surface area contributed by atoms with Gasteiger partial charge in [-0.15, -0.1) is 0 Å². The third kappa shape index (κ3) is 4.16. The molecule has 0 spiro atoms. The van der Waals surface area contributed by atoms with Crippen LogP contribution in [0.4, 0.5) is 5.69 Å². The van der Waals surface area contributed by atoms with E-state index < -0.39 is 0 Å². The van der Waals surface area contributed by atoms with Crippen LogP contribution in [0.5, 0.6) is 11.5 Å². The average molecular weight is 482 g/mol. The number of fused-ring (bicyclic) bond motifs is 1. The molecule has 36 heavy (non-hydrogen) atoms. The second-order valence-electron chi connectivity index (χ2n) is 10.2. The van der Waals surface area contributed by atoms with Crippen molar-refractivity contribution >= 4 is 11.6 Å². The fourth-order valence-corrected chi connectivity index (χ4v) is 5.52. The third-order valence-corrected chi connectivity index (χ3v) is 7.73. The molecule has 0 radical (unpaired) electrons. The Balaban J connectivity index is 1.46.